The van der Waals surface area contributed by atoms with Crippen LogP contribution in [0.25, 0.3) is 0 Å². The van der Waals surface area contributed by atoms with Crippen molar-refractivity contribution >= 4 is 11.7 Å². The number of nitrogens with zero attached hydrogens (tertiary/aromatic N) is 4. The number of piperazine rings is 1. The molecule has 35 heavy (non-hydrogen) atoms. The molecule has 1 saturated heterocycles. The monoisotopic (exact) mass is 487 g/mol. The van der Waals surface area contributed by atoms with Crippen molar-refractivity contribution < 1.29 is 22.4 Å². The average molecular weight is 488 g/mol. The predicted molar refractivity (Wildman–Crippen MR) is 122 cm³/mol. The van der Waals surface area contributed by atoms with Crippen LogP contribution in [0.3, 0.4) is 0 Å². The summed E-state index contributed by atoms with van der Waals surface area (Å²) in [5.74, 6) is -0.771. The maximum absolute atomic E-state index is 13.9. The van der Waals surface area contributed by atoms with E-state index in [9.17, 15) is 22.4 Å². The van der Waals surface area contributed by atoms with E-state index in [0.717, 1.165) is 11.2 Å². The molecule has 1 fully saturated rings. The van der Waals surface area contributed by atoms with E-state index in [4.69, 9.17) is 0 Å². The summed E-state index contributed by atoms with van der Waals surface area (Å²) in [5, 5.41) is 7.01. The third kappa shape index (κ3) is 4.88. The van der Waals surface area contributed by atoms with Crippen LogP contribution in [-0.2, 0) is 6.54 Å². The number of hydrogen-bond acceptors (Lipinski definition) is 4. The predicted octanol–water partition coefficient (Wildman–Crippen LogP) is 4.64. The Morgan fingerprint density at radius 1 is 1.00 bits per heavy atom. The molecule has 1 aromatic heterocycles. The van der Waals surface area contributed by atoms with E-state index in [-0.39, 0.29) is 23.7 Å². The molecule has 5 rings (SSSR count). The zero-order valence-corrected chi connectivity index (χ0v) is 18.9. The lowest BCUT2D eigenvalue weighted by molar-refractivity contribution is -0.173. The minimum atomic E-state index is -4.55. The molecule has 10 heteroatoms. The number of amides is 1. The van der Waals surface area contributed by atoms with Crippen LogP contribution in [0.1, 0.15) is 40.0 Å². The van der Waals surface area contributed by atoms with Crippen LogP contribution < -0.4 is 5.32 Å². The Morgan fingerprint density at radius 2 is 1.69 bits per heavy atom. The van der Waals surface area contributed by atoms with Crippen molar-refractivity contribution in [3.05, 3.63) is 83.3 Å². The fourth-order valence-electron chi connectivity index (χ4n) is 4.75. The first kappa shape index (κ1) is 23.3. The third-order valence-electron chi connectivity index (χ3n) is 6.65. The summed E-state index contributed by atoms with van der Waals surface area (Å²) < 4.78 is 56.0. The van der Waals surface area contributed by atoms with Gasteiger partial charge in [-0.1, -0.05) is 42.5 Å². The molecule has 0 spiro atoms. The van der Waals surface area contributed by atoms with Gasteiger partial charge in [-0.3, -0.25) is 9.69 Å². The minimum Gasteiger partial charge on any atom is -0.363 e. The molecule has 2 aliphatic rings. The number of halogens is 4. The molecule has 3 heterocycles. The summed E-state index contributed by atoms with van der Waals surface area (Å²) >= 11 is 0. The number of carbonyl (C=O) groups is 1. The fourth-order valence-corrected chi connectivity index (χ4v) is 4.75. The van der Waals surface area contributed by atoms with Crippen LogP contribution in [-0.4, -0.2) is 57.8 Å². The quantitative estimate of drug-likeness (QED) is 0.545. The number of anilines is 1. The minimum absolute atomic E-state index is 0.0459. The second-order valence-corrected chi connectivity index (χ2v) is 8.95. The first-order valence-corrected chi connectivity index (χ1v) is 11.5. The van der Waals surface area contributed by atoms with Gasteiger partial charge in [-0.05, 0) is 23.3 Å². The normalized spacial score (nSPS) is 20.9. The fraction of sp³-hybridized carbons (Fsp3) is 0.360. The lowest BCUT2D eigenvalue weighted by atomic mass is 9.96. The Labute approximate surface area is 200 Å². The van der Waals surface area contributed by atoms with Crippen molar-refractivity contribution in [2.24, 2.45) is 0 Å². The van der Waals surface area contributed by atoms with Gasteiger partial charge in [0, 0.05) is 39.1 Å². The Balaban J connectivity index is 1.34. The summed E-state index contributed by atoms with van der Waals surface area (Å²) in [6, 6.07) is 12.8. The van der Waals surface area contributed by atoms with Crippen LogP contribution in [0, 0.1) is 5.82 Å². The van der Waals surface area contributed by atoms with Gasteiger partial charge < -0.3 is 10.2 Å². The topological polar surface area (TPSA) is 53.4 Å². The molecule has 2 aromatic carbocycles. The number of alkyl halides is 3. The summed E-state index contributed by atoms with van der Waals surface area (Å²) in [6.07, 6.45) is -3.65. The highest BCUT2D eigenvalue weighted by molar-refractivity contribution is 5.99. The largest absolute Gasteiger partial charge is 0.410 e. The molecule has 0 radical (unpaired) electrons. The summed E-state index contributed by atoms with van der Waals surface area (Å²) in [6.45, 7) is 3.06. The van der Waals surface area contributed by atoms with Crippen LogP contribution in [0.5, 0.6) is 0 Å². The van der Waals surface area contributed by atoms with Gasteiger partial charge in [-0.25, -0.2) is 9.07 Å². The number of fused-ring (bicyclic) bond motifs is 1. The Hall–Kier alpha value is -3.40. The van der Waals surface area contributed by atoms with Crippen LogP contribution >= 0.6 is 0 Å². The van der Waals surface area contributed by atoms with E-state index in [1.54, 1.807) is 4.90 Å². The van der Waals surface area contributed by atoms with Gasteiger partial charge in [0.2, 0.25) is 0 Å². The molecule has 0 aliphatic carbocycles. The van der Waals surface area contributed by atoms with Crippen LogP contribution in [0.4, 0.5) is 23.4 Å². The van der Waals surface area contributed by atoms with Gasteiger partial charge in [0.15, 0.2) is 6.04 Å². The number of nitrogens with one attached hydrogen (secondary N) is 1. The number of aromatic nitrogens is 2. The molecule has 184 valence electrons. The van der Waals surface area contributed by atoms with E-state index in [0.29, 0.717) is 31.7 Å². The molecular formula is C25H25F4N5O. The zero-order valence-electron chi connectivity index (χ0n) is 18.9. The van der Waals surface area contributed by atoms with Crippen molar-refractivity contribution in [3.63, 3.8) is 0 Å². The van der Waals surface area contributed by atoms with Crippen molar-refractivity contribution in [2.45, 2.75) is 31.2 Å². The molecule has 2 atom stereocenters. The van der Waals surface area contributed by atoms with Crippen molar-refractivity contribution in [2.75, 3.05) is 31.5 Å². The van der Waals surface area contributed by atoms with Crippen LogP contribution in [0.15, 0.2) is 60.8 Å². The van der Waals surface area contributed by atoms with Crippen LogP contribution in [0.2, 0.25) is 0 Å². The number of rotatable bonds is 4. The summed E-state index contributed by atoms with van der Waals surface area (Å²) in [5.41, 5.74) is 1.82. The lowest BCUT2D eigenvalue weighted by Crippen LogP contribution is -2.48. The second kappa shape index (κ2) is 9.33. The second-order valence-electron chi connectivity index (χ2n) is 8.95. The van der Waals surface area contributed by atoms with Gasteiger partial charge in [0.25, 0.3) is 5.91 Å². The van der Waals surface area contributed by atoms with E-state index in [1.807, 2.05) is 18.2 Å². The van der Waals surface area contributed by atoms with Crippen molar-refractivity contribution in [1.82, 2.24) is 19.6 Å². The number of benzene rings is 2. The SMILES string of the molecule is O=C(c1cnn2c1N[C@@H](c1ccc(F)cc1)C[C@@H]2C(F)(F)F)N1CCN(Cc2ccccc2)CC1. The first-order valence-electron chi connectivity index (χ1n) is 11.5. The Kier molecular flexibility index (Phi) is 6.22. The van der Waals surface area contributed by atoms with Gasteiger partial charge in [0.1, 0.15) is 17.2 Å². The molecule has 0 unspecified atom stereocenters. The average Bonchev–Trinajstić information content (AvgIpc) is 3.28. The summed E-state index contributed by atoms with van der Waals surface area (Å²) in [4.78, 5) is 17.2. The zero-order chi connectivity index (χ0) is 24.6. The maximum Gasteiger partial charge on any atom is 0.410 e. The molecule has 6 nitrogen and oxygen atoms in total. The van der Waals surface area contributed by atoms with Gasteiger partial charge in [-0.2, -0.15) is 18.3 Å². The van der Waals surface area contributed by atoms with E-state index in [2.05, 4.69) is 27.4 Å². The lowest BCUT2D eigenvalue weighted by Gasteiger charge is -2.36. The Bertz CT molecular complexity index is 1170. The van der Waals surface area contributed by atoms with Gasteiger partial charge >= 0.3 is 6.18 Å². The molecular weight excluding hydrogens is 462 g/mol. The van der Waals surface area contributed by atoms with Crippen molar-refractivity contribution in [3.8, 4) is 0 Å². The van der Waals surface area contributed by atoms with E-state index in [1.165, 1.54) is 36.0 Å². The Morgan fingerprint density at radius 3 is 2.34 bits per heavy atom. The smallest absolute Gasteiger partial charge is 0.363 e. The highest BCUT2D eigenvalue weighted by Crippen LogP contribution is 2.44. The molecule has 1 amide bonds. The summed E-state index contributed by atoms with van der Waals surface area (Å²) in [7, 11) is 0. The number of carbonyl (C=O) groups excluding carboxylic acids is 1. The van der Waals surface area contributed by atoms with Gasteiger partial charge in [0.05, 0.1) is 12.2 Å². The number of hydrogen-bond donors (Lipinski definition) is 1. The first-order chi connectivity index (χ1) is 16.8. The molecule has 1 N–H and O–H groups in total. The van der Waals surface area contributed by atoms with E-state index < -0.39 is 24.1 Å². The highest BCUT2D eigenvalue weighted by Gasteiger charge is 2.47. The van der Waals surface area contributed by atoms with E-state index >= 15 is 0 Å². The molecule has 0 bridgehead atoms. The molecule has 2 aliphatic heterocycles. The third-order valence-corrected chi connectivity index (χ3v) is 6.65. The molecule has 3 aromatic rings. The maximum atomic E-state index is 13.9. The molecule has 0 saturated carbocycles. The standard InChI is InChI=1S/C25H25F4N5O/c26-19-8-6-18(7-9-19)21-14-22(25(27,28)29)34-23(31-21)20(15-30-34)24(35)33-12-10-32(11-13-33)16-17-4-2-1-3-5-17/h1-9,15,21-22,31H,10-14,16H2/t21-,22-/m1/s1. The van der Waals surface area contributed by atoms with Crippen molar-refractivity contribution in [1.29, 1.82) is 0 Å². The van der Waals surface area contributed by atoms with Gasteiger partial charge in [-0.15, -0.1) is 0 Å². The highest BCUT2D eigenvalue weighted by atomic mass is 19.4.